The zero-order chi connectivity index (χ0) is 9.97. The van der Waals surface area contributed by atoms with Gasteiger partial charge < -0.3 is 10.6 Å². The van der Waals surface area contributed by atoms with Gasteiger partial charge in [0.25, 0.3) is 0 Å². The molecule has 78 valence electrons. The van der Waals surface area contributed by atoms with Crippen LogP contribution in [0.5, 0.6) is 0 Å². The maximum atomic E-state index is 4.39. The third kappa shape index (κ3) is 2.07. The highest BCUT2D eigenvalue weighted by Crippen LogP contribution is 2.12. The van der Waals surface area contributed by atoms with Gasteiger partial charge in [-0.25, -0.2) is 0 Å². The average Bonchev–Trinajstić information content (AvgIpc) is 2.47. The Hall–Kier alpha value is -1.03. The summed E-state index contributed by atoms with van der Waals surface area (Å²) in [5.74, 6) is 1.01. The van der Waals surface area contributed by atoms with Crippen LogP contribution in [0.2, 0.25) is 0 Å². The van der Waals surface area contributed by atoms with Gasteiger partial charge in [-0.1, -0.05) is 0 Å². The number of piperidine rings is 1. The fourth-order valence-electron chi connectivity index (χ4n) is 1.81. The highest BCUT2D eigenvalue weighted by molar-refractivity contribution is 5.36. The molecule has 1 aromatic heterocycles. The Morgan fingerprint density at radius 1 is 1.50 bits per heavy atom. The van der Waals surface area contributed by atoms with Gasteiger partial charge in [0.15, 0.2) is 0 Å². The summed E-state index contributed by atoms with van der Waals surface area (Å²) in [5, 5.41) is 11.2. The SMILES string of the molecule is Cc1cc(NC2CCNCC2)nn1C. The maximum Gasteiger partial charge on any atom is 0.148 e. The van der Waals surface area contributed by atoms with Crippen LogP contribution in [0.3, 0.4) is 0 Å². The molecule has 4 heteroatoms. The smallest absolute Gasteiger partial charge is 0.148 e. The second-order valence-electron chi connectivity index (χ2n) is 3.96. The van der Waals surface area contributed by atoms with Crippen molar-refractivity contribution in [3.8, 4) is 0 Å². The van der Waals surface area contributed by atoms with Gasteiger partial charge in [-0.3, -0.25) is 4.68 Å². The molecule has 1 fully saturated rings. The van der Waals surface area contributed by atoms with Crippen molar-refractivity contribution in [1.82, 2.24) is 15.1 Å². The second-order valence-corrected chi connectivity index (χ2v) is 3.96. The number of anilines is 1. The molecule has 1 saturated heterocycles. The molecule has 0 saturated carbocycles. The molecule has 0 spiro atoms. The summed E-state index contributed by atoms with van der Waals surface area (Å²) < 4.78 is 1.91. The highest BCUT2D eigenvalue weighted by Gasteiger charge is 2.13. The fourth-order valence-corrected chi connectivity index (χ4v) is 1.81. The Labute approximate surface area is 84.7 Å². The third-order valence-electron chi connectivity index (χ3n) is 2.80. The monoisotopic (exact) mass is 194 g/mol. The lowest BCUT2D eigenvalue weighted by atomic mass is 10.1. The number of hydrogen-bond donors (Lipinski definition) is 2. The number of hydrogen-bond acceptors (Lipinski definition) is 3. The van der Waals surface area contributed by atoms with Gasteiger partial charge in [-0.15, -0.1) is 0 Å². The van der Waals surface area contributed by atoms with Crippen LogP contribution in [0.15, 0.2) is 6.07 Å². The second kappa shape index (κ2) is 4.00. The summed E-state index contributed by atoms with van der Waals surface area (Å²) >= 11 is 0. The minimum Gasteiger partial charge on any atom is -0.366 e. The molecule has 14 heavy (non-hydrogen) atoms. The van der Waals surface area contributed by atoms with Crippen LogP contribution in [0, 0.1) is 6.92 Å². The molecule has 0 amide bonds. The van der Waals surface area contributed by atoms with Gasteiger partial charge in [0.2, 0.25) is 0 Å². The molecule has 2 N–H and O–H groups in total. The van der Waals surface area contributed by atoms with E-state index in [4.69, 9.17) is 0 Å². The predicted octanol–water partition coefficient (Wildman–Crippen LogP) is 0.892. The predicted molar refractivity (Wildman–Crippen MR) is 57.5 cm³/mol. The molecule has 0 atom stereocenters. The van der Waals surface area contributed by atoms with Gasteiger partial charge >= 0.3 is 0 Å². The van der Waals surface area contributed by atoms with Gasteiger partial charge in [0.05, 0.1) is 0 Å². The van der Waals surface area contributed by atoms with E-state index < -0.39 is 0 Å². The van der Waals surface area contributed by atoms with Crippen molar-refractivity contribution in [1.29, 1.82) is 0 Å². The van der Waals surface area contributed by atoms with Crippen LogP contribution in [-0.4, -0.2) is 28.9 Å². The first-order valence-corrected chi connectivity index (χ1v) is 5.23. The Balaban J connectivity index is 1.95. The van der Waals surface area contributed by atoms with Crippen molar-refractivity contribution < 1.29 is 0 Å². The number of nitrogens with zero attached hydrogens (tertiary/aromatic N) is 2. The maximum absolute atomic E-state index is 4.39. The van der Waals surface area contributed by atoms with E-state index in [9.17, 15) is 0 Å². The lowest BCUT2D eigenvalue weighted by Gasteiger charge is -2.23. The van der Waals surface area contributed by atoms with Gasteiger partial charge in [-0.2, -0.15) is 5.10 Å². The van der Waals surface area contributed by atoms with Crippen LogP contribution >= 0.6 is 0 Å². The standard InChI is InChI=1S/C10H18N4/c1-8-7-10(13-14(8)2)12-9-3-5-11-6-4-9/h7,9,11H,3-6H2,1-2H3,(H,12,13). The van der Waals surface area contributed by atoms with Crippen molar-refractivity contribution in [2.75, 3.05) is 18.4 Å². The Bertz CT molecular complexity index is 280. The first-order valence-electron chi connectivity index (χ1n) is 5.23. The summed E-state index contributed by atoms with van der Waals surface area (Å²) in [6.07, 6.45) is 2.38. The minimum atomic E-state index is 0.588. The molecular formula is C10H18N4. The molecule has 0 radical (unpaired) electrons. The lowest BCUT2D eigenvalue weighted by Crippen LogP contribution is -2.35. The fraction of sp³-hybridized carbons (Fsp3) is 0.700. The summed E-state index contributed by atoms with van der Waals surface area (Å²) in [4.78, 5) is 0. The number of aromatic nitrogens is 2. The van der Waals surface area contributed by atoms with Crippen molar-refractivity contribution in [3.05, 3.63) is 11.8 Å². The van der Waals surface area contributed by atoms with Crippen molar-refractivity contribution >= 4 is 5.82 Å². The molecule has 1 aliphatic rings. The average molecular weight is 194 g/mol. The first-order chi connectivity index (χ1) is 6.75. The Morgan fingerprint density at radius 2 is 2.21 bits per heavy atom. The van der Waals surface area contributed by atoms with Crippen LogP contribution in [0.1, 0.15) is 18.5 Å². The van der Waals surface area contributed by atoms with E-state index in [0.717, 1.165) is 18.9 Å². The zero-order valence-electron chi connectivity index (χ0n) is 8.88. The topological polar surface area (TPSA) is 41.9 Å². The van der Waals surface area contributed by atoms with Crippen LogP contribution in [-0.2, 0) is 7.05 Å². The summed E-state index contributed by atoms with van der Waals surface area (Å²) in [6, 6.07) is 2.69. The molecule has 0 bridgehead atoms. The number of aryl methyl sites for hydroxylation is 2. The molecule has 2 heterocycles. The number of nitrogens with one attached hydrogen (secondary N) is 2. The van der Waals surface area contributed by atoms with E-state index in [1.54, 1.807) is 0 Å². The van der Waals surface area contributed by atoms with Crippen LogP contribution < -0.4 is 10.6 Å². The first kappa shape index (κ1) is 9.52. The summed E-state index contributed by atoms with van der Waals surface area (Å²) in [5.41, 5.74) is 1.20. The Morgan fingerprint density at radius 3 is 2.79 bits per heavy atom. The van der Waals surface area contributed by atoms with Crippen LogP contribution in [0.4, 0.5) is 5.82 Å². The molecule has 0 aromatic carbocycles. The number of rotatable bonds is 2. The quantitative estimate of drug-likeness (QED) is 0.735. The van der Waals surface area contributed by atoms with Crippen molar-refractivity contribution in [2.45, 2.75) is 25.8 Å². The summed E-state index contributed by atoms with van der Waals surface area (Å²) in [6.45, 7) is 4.30. The van der Waals surface area contributed by atoms with E-state index in [1.807, 2.05) is 11.7 Å². The molecule has 2 rings (SSSR count). The molecule has 0 aliphatic carbocycles. The highest BCUT2D eigenvalue weighted by atomic mass is 15.3. The van der Waals surface area contributed by atoms with E-state index in [-0.39, 0.29) is 0 Å². The van der Waals surface area contributed by atoms with E-state index in [1.165, 1.54) is 18.5 Å². The molecule has 0 unspecified atom stereocenters. The van der Waals surface area contributed by atoms with Crippen LogP contribution in [0.25, 0.3) is 0 Å². The molecular weight excluding hydrogens is 176 g/mol. The largest absolute Gasteiger partial charge is 0.366 e. The van der Waals surface area contributed by atoms with E-state index in [2.05, 4.69) is 28.7 Å². The Kier molecular flexibility index (Phi) is 2.72. The van der Waals surface area contributed by atoms with Gasteiger partial charge in [-0.05, 0) is 32.9 Å². The van der Waals surface area contributed by atoms with Gasteiger partial charge in [0.1, 0.15) is 5.82 Å². The van der Waals surface area contributed by atoms with Crippen molar-refractivity contribution in [3.63, 3.8) is 0 Å². The van der Waals surface area contributed by atoms with E-state index in [0.29, 0.717) is 6.04 Å². The van der Waals surface area contributed by atoms with Gasteiger partial charge in [0, 0.05) is 24.8 Å². The molecule has 4 nitrogen and oxygen atoms in total. The summed E-state index contributed by atoms with van der Waals surface area (Å²) in [7, 11) is 1.98. The van der Waals surface area contributed by atoms with Crippen molar-refractivity contribution in [2.24, 2.45) is 7.05 Å². The normalized spacial score (nSPS) is 18.4. The molecule has 1 aromatic rings. The van der Waals surface area contributed by atoms with E-state index >= 15 is 0 Å². The third-order valence-corrected chi connectivity index (χ3v) is 2.80. The lowest BCUT2D eigenvalue weighted by molar-refractivity contribution is 0.478. The molecule has 1 aliphatic heterocycles. The minimum absolute atomic E-state index is 0.588. The zero-order valence-corrected chi connectivity index (χ0v) is 8.88.